The number of hydrogen-bond donors (Lipinski definition) is 1. The number of nitrogens with one attached hydrogen (secondary N) is 1. The molecule has 1 saturated carbocycles. The van der Waals surface area contributed by atoms with E-state index in [0.29, 0.717) is 36.8 Å². The van der Waals surface area contributed by atoms with Crippen LogP contribution in [0.5, 0.6) is 0 Å². The highest BCUT2D eigenvalue weighted by molar-refractivity contribution is 6.02. The molecule has 6 nitrogen and oxygen atoms in total. The molecular weight excluding hydrogens is 344 g/mol. The average Bonchev–Trinajstić information content (AvgIpc) is 2.73. The van der Waals surface area contributed by atoms with Gasteiger partial charge in [-0.05, 0) is 30.5 Å². The van der Waals surface area contributed by atoms with E-state index in [9.17, 15) is 9.59 Å². The molecule has 1 aromatic carbocycles. The van der Waals surface area contributed by atoms with E-state index in [1.54, 1.807) is 12.1 Å². The normalized spacial score (nSPS) is 18.2. The third-order valence-electron chi connectivity index (χ3n) is 5.56. The Hall–Kier alpha value is -2.08. The Morgan fingerprint density at radius 1 is 1.19 bits per heavy atom. The summed E-state index contributed by atoms with van der Waals surface area (Å²) in [5.74, 6) is 0.186. The summed E-state index contributed by atoms with van der Waals surface area (Å²) in [5, 5.41) is 2.91. The molecule has 0 radical (unpaired) electrons. The molecule has 1 aliphatic carbocycles. The summed E-state index contributed by atoms with van der Waals surface area (Å²) in [6, 6.07) is 5.54. The second-order valence-corrected chi connectivity index (χ2v) is 7.41. The highest BCUT2D eigenvalue weighted by Crippen LogP contribution is 2.28. The zero-order chi connectivity index (χ0) is 19.1. The summed E-state index contributed by atoms with van der Waals surface area (Å²) in [6.07, 6.45) is 7.76. The number of carbonyl (C=O) groups is 2. The number of ether oxygens (including phenoxy) is 2. The van der Waals surface area contributed by atoms with Gasteiger partial charge in [-0.1, -0.05) is 32.1 Å². The third-order valence-corrected chi connectivity index (χ3v) is 5.56. The minimum absolute atomic E-state index is 0.0372. The molecule has 148 valence electrons. The van der Waals surface area contributed by atoms with Gasteiger partial charge in [-0.15, -0.1) is 0 Å². The number of esters is 1. The Balaban J connectivity index is 1.65. The highest BCUT2D eigenvalue weighted by atomic mass is 16.5. The number of benzene rings is 1. The number of morpholine rings is 1. The first kappa shape index (κ1) is 19.7. The molecule has 1 heterocycles. The number of hydrogen-bond acceptors (Lipinski definition) is 5. The number of carbonyl (C=O) groups excluding carboxylic acids is 2. The van der Waals surface area contributed by atoms with Crippen LogP contribution in [-0.2, 0) is 14.3 Å². The third kappa shape index (κ3) is 5.45. The van der Waals surface area contributed by atoms with Crippen LogP contribution in [0.25, 0.3) is 0 Å². The van der Waals surface area contributed by atoms with E-state index >= 15 is 0 Å². The van der Waals surface area contributed by atoms with Crippen molar-refractivity contribution in [2.24, 2.45) is 5.92 Å². The van der Waals surface area contributed by atoms with Crippen LogP contribution in [-0.4, -0.2) is 45.3 Å². The minimum atomic E-state index is -0.437. The topological polar surface area (TPSA) is 67.9 Å². The fourth-order valence-electron chi connectivity index (χ4n) is 3.96. The van der Waals surface area contributed by atoms with Crippen LogP contribution in [0.4, 0.5) is 11.4 Å². The Morgan fingerprint density at radius 2 is 1.93 bits per heavy atom. The van der Waals surface area contributed by atoms with Gasteiger partial charge in [0.15, 0.2) is 0 Å². The molecule has 0 bridgehead atoms. The van der Waals surface area contributed by atoms with E-state index in [4.69, 9.17) is 9.47 Å². The van der Waals surface area contributed by atoms with Crippen molar-refractivity contribution in [3.63, 3.8) is 0 Å². The van der Waals surface area contributed by atoms with Crippen LogP contribution in [0.3, 0.4) is 0 Å². The van der Waals surface area contributed by atoms with Crippen molar-refractivity contribution in [2.75, 3.05) is 43.6 Å². The minimum Gasteiger partial charge on any atom is -0.465 e. The summed E-state index contributed by atoms with van der Waals surface area (Å²) in [7, 11) is 1.36. The second kappa shape index (κ2) is 9.74. The largest absolute Gasteiger partial charge is 0.465 e. The van der Waals surface area contributed by atoms with Gasteiger partial charge in [0.25, 0.3) is 0 Å². The SMILES string of the molecule is COC(=O)c1cc(N2CCOCC2)ccc1NC(=O)CCC1CCCCC1. The quantitative estimate of drug-likeness (QED) is 0.771. The van der Waals surface area contributed by atoms with Gasteiger partial charge >= 0.3 is 5.97 Å². The smallest absolute Gasteiger partial charge is 0.340 e. The van der Waals surface area contributed by atoms with Crippen molar-refractivity contribution in [2.45, 2.75) is 44.9 Å². The molecule has 0 atom stereocenters. The van der Waals surface area contributed by atoms with Crippen LogP contribution in [0.15, 0.2) is 18.2 Å². The van der Waals surface area contributed by atoms with Crippen molar-refractivity contribution < 1.29 is 19.1 Å². The molecule has 27 heavy (non-hydrogen) atoms. The molecule has 1 aliphatic heterocycles. The van der Waals surface area contributed by atoms with Crippen LogP contribution in [0.2, 0.25) is 0 Å². The Labute approximate surface area is 161 Å². The molecule has 0 unspecified atom stereocenters. The lowest BCUT2D eigenvalue weighted by Crippen LogP contribution is -2.36. The molecule has 2 fully saturated rings. The number of amides is 1. The van der Waals surface area contributed by atoms with Crippen LogP contribution in [0, 0.1) is 5.92 Å². The van der Waals surface area contributed by atoms with Crippen molar-refractivity contribution in [3.05, 3.63) is 23.8 Å². The molecule has 1 amide bonds. The van der Waals surface area contributed by atoms with E-state index in [0.717, 1.165) is 25.2 Å². The monoisotopic (exact) mass is 374 g/mol. The standard InChI is InChI=1S/C21H30N2O4/c1-26-21(25)18-15-17(23-11-13-27-14-12-23)8-9-19(18)22-20(24)10-7-16-5-3-2-4-6-16/h8-9,15-16H,2-7,10-14H2,1H3,(H,22,24). The molecule has 0 spiro atoms. The molecular formula is C21H30N2O4. The van der Waals surface area contributed by atoms with Gasteiger partial charge in [0.1, 0.15) is 0 Å². The lowest BCUT2D eigenvalue weighted by Gasteiger charge is -2.29. The summed E-state index contributed by atoms with van der Waals surface area (Å²) in [6.45, 7) is 2.92. The molecule has 6 heteroatoms. The first-order valence-corrected chi connectivity index (χ1v) is 10.0. The highest BCUT2D eigenvalue weighted by Gasteiger charge is 2.19. The number of anilines is 2. The molecule has 1 N–H and O–H groups in total. The Kier molecular flexibility index (Phi) is 7.10. The van der Waals surface area contributed by atoms with E-state index < -0.39 is 5.97 Å². The molecule has 1 saturated heterocycles. The van der Waals surface area contributed by atoms with E-state index in [1.807, 2.05) is 6.07 Å². The molecule has 3 rings (SSSR count). The maximum absolute atomic E-state index is 12.4. The Bertz CT molecular complexity index is 650. The lowest BCUT2D eigenvalue weighted by molar-refractivity contribution is -0.116. The van der Waals surface area contributed by atoms with Gasteiger partial charge in [-0.2, -0.15) is 0 Å². The van der Waals surface area contributed by atoms with Gasteiger partial charge in [-0.3, -0.25) is 4.79 Å². The maximum atomic E-state index is 12.4. The van der Waals surface area contributed by atoms with Gasteiger partial charge in [0, 0.05) is 25.2 Å². The zero-order valence-electron chi connectivity index (χ0n) is 16.2. The van der Waals surface area contributed by atoms with Gasteiger partial charge < -0.3 is 19.7 Å². The van der Waals surface area contributed by atoms with Crippen LogP contribution < -0.4 is 10.2 Å². The van der Waals surface area contributed by atoms with Crippen molar-refractivity contribution in [1.82, 2.24) is 0 Å². The number of methoxy groups -OCH3 is 1. The fourth-order valence-corrected chi connectivity index (χ4v) is 3.96. The molecule has 0 aromatic heterocycles. The summed E-state index contributed by atoms with van der Waals surface area (Å²) in [5.41, 5.74) is 1.86. The summed E-state index contributed by atoms with van der Waals surface area (Å²) >= 11 is 0. The summed E-state index contributed by atoms with van der Waals surface area (Å²) in [4.78, 5) is 26.8. The number of nitrogens with zero attached hydrogens (tertiary/aromatic N) is 1. The lowest BCUT2D eigenvalue weighted by atomic mass is 9.86. The summed E-state index contributed by atoms with van der Waals surface area (Å²) < 4.78 is 10.3. The fraction of sp³-hybridized carbons (Fsp3) is 0.619. The second-order valence-electron chi connectivity index (χ2n) is 7.41. The first-order valence-electron chi connectivity index (χ1n) is 10.0. The van der Waals surface area contributed by atoms with Crippen molar-refractivity contribution in [1.29, 1.82) is 0 Å². The van der Waals surface area contributed by atoms with Gasteiger partial charge in [-0.25, -0.2) is 4.79 Å². The van der Waals surface area contributed by atoms with Gasteiger partial charge in [0.05, 0.1) is 31.6 Å². The molecule has 1 aromatic rings. The predicted octanol–water partition coefficient (Wildman–Crippen LogP) is 3.61. The van der Waals surface area contributed by atoms with Crippen molar-refractivity contribution >= 4 is 23.3 Å². The van der Waals surface area contributed by atoms with E-state index in [2.05, 4.69) is 10.2 Å². The average molecular weight is 374 g/mol. The Morgan fingerprint density at radius 3 is 2.63 bits per heavy atom. The molecule has 2 aliphatic rings. The maximum Gasteiger partial charge on any atom is 0.340 e. The van der Waals surface area contributed by atoms with Crippen molar-refractivity contribution in [3.8, 4) is 0 Å². The zero-order valence-corrected chi connectivity index (χ0v) is 16.2. The van der Waals surface area contributed by atoms with E-state index in [1.165, 1.54) is 39.2 Å². The predicted molar refractivity (Wildman–Crippen MR) is 105 cm³/mol. The first-order chi connectivity index (χ1) is 13.2. The van der Waals surface area contributed by atoms with Crippen LogP contribution >= 0.6 is 0 Å². The van der Waals surface area contributed by atoms with Crippen LogP contribution in [0.1, 0.15) is 55.3 Å². The van der Waals surface area contributed by atoms with E-state index in [-0.39, 0.29) is 5.91 Å². The van der Waals surface area contributed by atoms with Gasteiger partial charge in [0.2, 0.25) is 5.91 Å². The number of rotatable bonds is 6.